The van der Waals surface area contributed by atoms with Crippen LogP contribution in [0.3, 0.4) is 0 Å². The van der Waals surface area contributed by atoms with Crippen LogP contribution in [0.5, 0.6) is 0 Å². The van der Waals surface area contributed by atoms with Crippen LogP contribution < -0.4 is 5.32 Å². The molecule has 0 amide bonds. The lowest BCUT2D eigenvalue weighted by atomic mass is 9.92. The molecule has 5 nitrogen and oxygen atoms in total. The first-order chi connectivity index (χ1) is 7.98. The highest BCUT2D eigenvalue weighted by atomic mass is 32.2. The summed E-state index contributed by atoms with van der Waals surface area (Å²) in [7, 11) is -3.06. The number of hydrogen-bond acceptors (Lipinski definition) is 5. The molecule has 2 N–H and O–H groups in total. The van der Waals surface area contributed by atoms with Gasteiger partial charge in [0.15, 0.2) is 9.84 Å². The molecular formula is C11H21NO4S. The molecular weight excluding hydrogens is 242 g/mol. The monoisotopic (exact) mass is 263 g/mol. The molecule has 2 rings (SSSR count). The van der Waals surface area contributed by atoms with Crippen LogP contribution in [0.2, 0.25) is 0 Å². The van der Waals surface area contributed by atoms with Crippen LogP contribution in [-0.2, 0) is 14.6 Å². The molecule has 0 aliphatic carbocycles. The first kappa shape index (κ1) is 13.3. The van der Waals surface area contributed by atoms with Crippen molar-refractivity contribution in [3.63, 3.8) is 0 Å². The second-order valence-electron chi connectivity index (χ2n) is 5.16. The van der Waals surface area contributed by atoms with Crippen molar-refractivity contribution in [1.29, 1.82) is 0 Å². The van der Waals surface area contributed by atoms with Gasteiger partial charge in [-0.15, -0.1) is 0 Å². The summed E-state index contributed by atoms with van der Waals surface area (Å²) in [5.74, 6) is 0.464. The molecule has 6 heteroatoms. The Hall–Kier alpha value is -0.170. The van der Waals surface area contributed by atoms with Crippen LogP contribution in [-0.4, -0.2) is 56.4 Å². The minimum atomic E-state index is -3.06. The summed E-state index contributed by atoms with van der Waals surface area (Å²) < 4.78 is 28.1. The summed E-state index contributed by atoms with van der Waals surface area (Å²) in [6.07, 6.45) is 1.25. The molecule has 0 bridgehead atoms. The minimum Gasteiger partial charge on any atom is -0.390 e. The largest absolute Gasteiger partial charge is 0.390 e. The van der Waals surface area contributed by atoms with E-state index in [-0.39, 0.29) is 23.6 Å². The first-order valence-electron chi connectivity index (χ1n) is 6.20. The van der Waals surface area contributed by atoms with Crippen molar-refractivity contribution in [3.8, 4) is 0 Å². The smallest absolute Gasteiger partial charge is 0.154 e. The maximum atomic E-state index is 11.4. The summed E-state index contributed by atoms with van der Waals surface area (Å²) >= 11 is 0. The van der Waals surface area contributed by atoms with E-state index in [1.807, 2.05) is 0 Å². The molecule has 2 aliphatic rings. The zero-order valence-corrected chi connectivity index (χ0v) is 10.9. The molecule has 2 aliphatic heterocycles. The Morgan fingerprint density at radius 2 is 1.94 bits per heavy atom. The number of aliphatic hydroxyl groups is 1. The second kappa shape index (κ2) is 5.22. The molecule has 0 saturated carbocycles. The van der Waals surface area contributed by atoms with Crippen LogP contribution in [0.15, 0.2) is 0 Å². The van der Waals surface area contributed by atoms with Gasteiger partial charge in [-0.1, -0.05) is 0 Å². The summed E-state index contributed by atoms with van der Waals surface area (Å²) in [5, 5.41) is 13.0. The summed E-state index contributed by atoms with van der Waals surface area (Å²) in [6, 6.07) is -0.0790. The lowest BCUT2D eigenvalue weighted by molar-refractivity contribution is 0.0513. The van der Waals surface area contributed by atoms with Crippen LogP contribution in [0.4, 0.5) is 0 Å². The molecule has 3 unspecified atom stereocenters. The minimum absolute atomic E-state index is 0.0573. The van der Waals surface area contributed by atoms with Gasteiger partial charge < -0.3 is 15.2 Å². The summed E-state index contributed by atoms with van der Waals surface area (Å²) in [6.45, 7) is 3.62. The zero-order valence-electron chi connectivity index (χ0n) is 10.1. The van der Waals surface area contributed by atoms with Crippen molar-refractivity contribution >= 4 is 9.84 Å². The molecule has 2 heterocycles. The highest BCUT2D eigenvalue weighted by Gasteiger charge is 2.37. The van der Waals surface area contributed by atoms with Crippen molar-refractivity contribution < 1.29 is 18.3 Å². The van der Waals surface area contributed by atoms with Crippen molar-refractivity contribution in [1.82, 2.24) is 5.32 Å². The highest BCUT2D eigenvalue weighted by molar-refractivity contribution is 7.91. The number of rotatable bonds is 3. The van der Waals surface area contributed by atoms with Crippen molar-refractivity contribution in [2.45, 2.75) is 38.0 Å². The Labute approximate surface area is 102 Å². The maximum Gasteiger partial charge on any atom is 0.154 e. The van der Waals surface area contributed by atoms with Gasteiger partial charge in [0.1, 0.15) is 0 Å². The Balaban J connectivity index is 1.88. The number of ether oxygens (including phenoxy) is 1. The van der Waals surface area contributed by atoms with E-state index in [1.165, 1.54) is 0 Å². The van der Waals surface area contributed by atoms with Crippen LogP contribution in [0.1, 0.15) is 19.8 Å². The molecule has 0 aromatic carbocycles. The van der Waals surface area contributed by atoms with Gasteiger partial charge in [-0.3, -0.25) is 0 Å². The molecule has 0 aromatic heterocycles. The van der Waals surface area contributed by atoms with Crippen molar-refractivity contribution in [2.24, 2.45) is 5.92 Å². The van der Waals surface area contributed by atoms with Crippen molar-refractivity contribution in [3.05, 3.63) is 0 Å². The molecule has 2 fully saturated rings. The van der Waals surface area contributed by atoms with Gasteiger partial charge in [0.25, 0.3) is 0 Å². The molecule has 100 valence electrons. The van der Waals surface area contributed by atoms with Crippen LogP contribution >= 0.6 is 0 Å². The van der Waals surface area contributed by atoms with Gasteiger partial charge in [0.05, 0.1) is 17.6 Å². The Kier molecular flexibility index (Phi) is 4.07. The summed E-state index contributed by atoms with van der Waals surface area (Å²) in [4.78, 5) is 0. The van der Waals surface area contributed by atoms with Crippen LogP contribution in [0.25, 0.3) is 0 Å². The molecule has 0 radical (unpaired) electrons. The molecule has 2 saturated heterocycles. The predicted molar refractivity (Wildman–Crippen MR) is 64.6 cm³/mol. The van der Waals surface area contributed by atoms with E-state index in [2.05, 4.69) is 12.2 Å². The lowest BCUT2D eigenvalue weighted by Gasteiger charge is -2.31. The molecule has 0 aromatic rings. The number of hydrogen-bond donors (Lipinski definition) is 2. The van der Waals surface area contributed by atoms with Gasteiger partial charge in [-0.2, -0.15) is 0 Å². The average Bonchev–Trinajstić information content (AvgIpc) is 2.53. The van der Waals surface area contributed by atoms with E-state index in [0.717, 1.165) is 26.1 Å². The van der Waals surface area contributed by atoms with Gasteiger partial charge in [0, 0.05) is 25.3 Å². The normalized spacial score (nSPS) is 35.9. The third kappa shape index (κ3) is 3.40. The van der Waals surface area contributed by atoms with Gasteiger partial charge in [-0.25, -0.2) is 8.42 Å². The third-order valence-electron chi connectivity index (χ3n) is 3.77. The zero-order chi connectivity index (χ0) is 12.5. The van der Waals surface area contributed by atoms with E-state index in [1.54, 1.807) is 0 Å². The van der Waals surface area contributed by atoms with Gasteiger partial charge >= 0.3 is 0 Å². The van der Waals surface area contributed by atoms with E-state index in [0.29, 0.717) is 5.92 Å². The van der Waals surface area contributed by atoms with Gasteiger partial charge in [-0.05, 0) is 25.7 Å². The Morgan fingerprint density at radius 1 is 1.29 bits per heavy atom. The SMILES string of the molecule is CC(NC1CS(=O)(=O)CC1O)C1CCOCC1. The van der Waals surface area contributed by atoms with E-state index >= 15 is 0 Å². The quantitative estimate of drug-likeness (QED) is 0.721. The number of sulfone groups is 1. The molecule has 3 atom stereocenters. The third-order valence-corrected chi connectivity index (χ3v) is 5.49. The Bertz CT molecular complexity index is 350. The fourth-order valence-electron chi connectivity index (χ4n) is 2.68. The lowest BCUT2D eigenvalue weighted by Crippen LogP contribution is -2.47. The second-order valence-corrected chi connectivity index (χ2v) is 7.31. The van der Waals surface area contributed by atoms with Gasteiger partial charge in [0.2, 0.25) is 0 Å². The maximum absolute atomic E-state index is 11.4. The standard InChI is InChI=1S/C11H21NO4S/c1-8(9-2-4-16-5-3-9)12-10-6-17(14,15)7-11(10)13/h8-13H,2-7H2,1H3. The average molecular weight is 263 g/mol. The number of aliphatic hydroxyl groups excluding tert-OH is 1. The Morgan fingerprint density at radius 3 is 2.47 bits per heavy atom. The highest BCUT2D eigenvalue weighted by Crippen LogP contribution is 2.21. The fourth-order valence-corrected chi connectivity index (χ4v) is 4.43. The van der Waals surface area contributed by atoms with E-state index in [4.69, 9.17) is 4.74 Å². The molecule has 0 spiro atoms. The topological polar surface area (TPSA) is 75.6 Å². The number of nitrogens with one attached hydrogen (secondary N) is 1. The van der Waals surface area contributed by atoms with E-state index in [9.17, 15) is 13.5 Å². The van der Waals surface area contributed by atoms with Crippen molar-refractivity contribution in [2.75, 3.05) is 24.7 Å². The first-order valence-corrected chi connectivity index (χ1v) is 8.02. The van der Waals surface area contributed by atoms with E-state index < -0.39 is 15.9 Å². The summed E-state index contributed by atoms with van der Waals surface area (Å²) in [5.41, 5.74) is 0. The molecule has 17 heavy (non-hydrogen) atoms. The van der Waals surface area contributed by atoms with Crippen LogP contribution in [0, 0.1) is 5.92 Å². The fraction of sp³-hybridized carbons (Fsp3) is 1.00. The predicted octanol–water partition coefficient (Wildman–Crippen LogP) is -0.451.